The average molecular weight is 491 g/mol. The first-order chi connectivity index (χ1) is 17.4. The smallest absolute Gasteiger partial charge is 0.273 e. The summed E-state index contributed by atoms with van der Waals surface area (Å²) in [6.07, 6.45) is 2.61. The van der Waals surface area contributed by atoms with Crippen LogP contribution in [0.1, 0.15) is 58.0 Å². The third-order valence-corrected chi connectivity index (χ3v) is 6.32. The Hall–Kier alpha value is -3.65. The molecule has 0 saturated carbocycles. The number of amides is 2. The Morgan fingerprint density at radius 1 is 1.22 bits per heavy atom. The molecule has 4 rings (SSSR count). The summed E-state index contributed by atoms with van der Waals surface area (Å²) < 4.78 is 11.4. The topological polar surface area (TPSA) is 87.9 Å². The van der Waals surface area contributed by atoms with Gasteiger partial charge in [-0.3, -0.25) is 9.59 Å². The minimum absolute atomic E-state index is 0.0937. The van der Waals surface area contributed by atoms with Gasteiger partial charge in [-0.25, -0.2) is 4.98 Å². The van der Waals surface area contributed by atoms with E-state index < -0.39 is 0 Å². The predicted molar refractivity (Wildman–Crippen MR) is 137 cm³/mol. The molecule has 0 aliphatic carbocycles. The number of aromatic nitrogens is 1. The number of nitrogens with one attached hydrogen (secondary N) is 1. The number of nitrogens with zero attached hydrogens (tertiary/aromatic N) is 3. The molecule has 2 aromatic carbocycles. The molecule has 8 nitrogen and oxygen atoms in total. The summed E-state index contributed by atoms with van der Waals surface area (Å²) >= 11 is 0. The van der Waals surface area contributed by atoms with Gasteiger partial charge in [0.2, 0.25) is 11.8 Å². The number of ether oxygens (including phenoxy) is 1. The fraction of sp³-hybridized carbons (Fsp3) is 0.393. The van der Waals surface area contributed by atoms with E-state index in [1.807, 2.05) is 49.0 Å². The van der Waals surface area contributed by atoms with Crippen molar-refractivity contribution >= 4 is 11.8 Å². The predicted octanol–water partition coefficient (Wildman–Crippen LogP) is 3.74. The minimum atomic E-state index is -0.276. The van der Waals surface area contributed by atoms with Crippen molar-refractivity contribution in [3.05, 3.63) is 82.6 Å². The lowest BCUT2D eigenvalue weighted by molar-refractivity contribution is -0.132. The lowest BCUT2D eigenvalue weighted by Gasteiger charge is -2.38. The zero-order valence-electron chi connectivity index (χ0n) is 21.4. The molecule has 1 aromatic heterocycles. The van der Waals surface area contributed by atoms with Gasteiger partial charge < -0.3 is 24.3 Å². The Morgan fingerprint density at radius 3 is 2.81 bits per heavy atom. The van der Waals surface area contributed by atoms with Crippen molar-refractivity contribution in [3.63, 3.8) is 0 Å². The number of benzene rings is 2. The monoisotopic (exact) mass is 490 g/mol. The van der Waals surface area contributed by atoms with E-state index in [1.165, 1.54) is 11.8 Å². The standard InChI is InChI=1S/C28H34N4O4/c1-5-26(33)32-13-11-20-9-10-22(16-23(20)27(32)21-8-6-7-19(2)15-21)35-18-25-30-24(17-36-25)28(34)29-12-14-31(3)4/h6-10,15-17,27H,5,11-14,18H2,1-4H3,(H,29,34). The summed E-state index contributed by atoms with van der Waals surface area (Å²) in [6, 6.07) is 14.2. The first-order valence-electron chi connectivity index (χ1n) is 12.3. The van der Waals surface area contributed by atoms with E-state index in [0.29, 0.717) is 31.2 Å². The lowest BCUT2D eigenvalue weighted by Crippen LogP contribution is -2.40. The molecule has 0 spiro atoms. The molecule has 2 amide bonds. The van der Waals surface area contributed by atoms with Crippen molar-refractivity contribution in [2.45, 2.75) is 39.3 Å². The number of carbonyl (C=O) groups excluding carboxylic acids is 2. The van der Waals surface area contributed by atoms with Crippen molar-refractivity contribution in [1.29, 1.82) is 0 Å². The molecule has 0 bridgehead atoms. The van der Waals surface area contributed by atoms with Crippen molar-refractivity contribution < 1.29 is 18.7 Å². The molecule has 0 radical (unpaired) electrons. The zero-order valence-corrected chi connectivity index (χ0v) is 21.4. The highest BCUT2D eigenvalue weighted by atomic mass is 16.5. The molecule has 1 aliphatic heterocycles. The van der Waals surface area contributed by atoms with Crippen molar-refractivity contribution in [3.8, 4) is 5.75 Å². The van der Waals surface area contributed by atoms with Gasteiger partial charge in [-0.15, -0.1) is 0 Å². The van der Waals surface area contributed by atoms with Crippen LogP contribution in [0.4, 0.5) is 0 Å². The maximum atomic E-state index is 12.8. The molecule has 3 aromatic rings. The number of carbonyl (C=O) groups is 2. The average Bonchev–Trinajstić information content (AvgIpc) is 3.35. The largest absolute Gasteiger partial charge is 0.484 e. The molecular formula is C28H34N4O4. The molecule has 36 heavy (non-hydrogen) atoms. The number of hydrogen-bond donors (Lipinski definition) is 1. The lowest BCUT2D eigenvalue weighted by atomic mass is 9.87. The Bertz CT molecular complexity index is 1220. The molecule has 190 valence electrons. The summed E-state index contributed by atoms with van der Waals surface area (Å²) in [5, 5.41) is 2.82. The zero-order chi connectivity index (χ0) is 25.7. The van der Waals surface area contributed by atoms with E-state index in [1.54, 1.807) is 0 Å². The Morgan fingerprint density at radius 2 is 2.06 bits per heavy atom. The van der Waals surface area contributed by atoms with Crippen LogP contribution in [0.3, 0.4) is 0 Å². The number of rotatable bonds is 9. The Labute approximate surface area is 212 Å². The van der Waals surface area contributed by atoms with E-state index in [9.17, 15) is 9.59 Å². The molecule has 2 heterocycles. The normalized spacial score (nSPS) is 15.0. The van der Waals surface area contributed by atoms with Gasteiger partial charge in [0.05, 0.1) is 6.04 Å². The maximum Gasteiger partial charge on any atom is 0.273 e. The number of fused-ring (bicyclic) bond motifs is 1. The van der Waals surface area contributed by atoms with E-state index in [0.717, 1.165) is 29.7 Å². The highest BCUT2D eigenvalue weighted by molar-refractivity contribution is 5.91. The first-order valence-corrected chi connectivity index (χ1v) is 12.3. The van der Waals surface area contributed by atoms with Gasteiger partial charge in [0.15, 0.2) is 12.3 Å². The first kappa shape index (κ1) is 25.4. The number of likely N-dealkylation sites (N-methyl/N-ethyl adjacent to an activating group) is 1. The number of hydrogen-bond acceptors (Lipinski definition) is 6. The fourth-order valence-electron chi connectivity index (χ4n) is 4.46. The molecule has 0 saturated heterocycles. The minimum Gasteiger partial charge on any atom is -0.484 e. The number of aryl methyl sites for hydroxylation is 1. The third-order valence-electron chi connectivity index (χ3n) is 6.32. The van der Waals surface area contributed by atoms with Gasteiger partial charge >= 0.3 is 0 Å². The molecule has 1 N–H and O–H groups in total. The van der Waals surface area contributed by atoms with Gasteiger partial charge in [0.1, 0.15) is 12.0 Å². The number of oxazole rings is 1. The summed E-state index contributed by atoms with van der Waals surface area (Å²) in [6.45, 7) is 6.01. The van der Waals surface area contributed by atoms with Crippen LogP contribution in [-0.4, -0.2) is 60.3 Å². The van der Waals surface area contributed by atoms with Crippen molar-refractivity contribution in [2.75, 3.05) is 33.7 Å². The van der Waals surface area contributed by atoms with E-state index >= 15 is 0 Å². The Balaban J connectivity index is 1.50. The van der Waals surface area contributed by atoms with Gasteiger partial charge in [-0.2, -0.15) is 0 Å². The van der Waals surface area contributed by atoms with Gasteiger partial charge in [0, 0.05) is 26.1 Å². The van der Waals surface area contributed by atoms with E-state index in [4.69, 9.17) is 9.15 Å². The van der Waals surface area contributed by atoms with E-state index in [-0.39, 0.29) is 30.2 Å². The summed E-state index contributed by atoms with van der Waals surface area (Å²) in [7, 11) is 3.89. The highest BCUT2D eigenvalue weighted by Gasteiger charge is 2.31. The van der Waals surface area contributed by atoms with Crippen molar-refractivity contribution in [2.24, 2.45) is 0 Å². The molecule has 1 aliphatic rings. The van der Waals surface area contributed by atoms with Gasteiger partial charge in [0.25, 0.3) is 5.91 Å². The fourth-order valence-corrected chi connectivity index (χ4v) is 4.46. The molecule has 1 unspecified atom stereocenters. The van der Waals surface area contributed by atoms with Crippen molar-refractivity contribution in [1.82, 2.24) is 20.1 Å². The van der Waals surface area contributed by atoms with Crippen LogP contribution in [-0.2, 0) is 17.8 Å². The summed E-state index contributed by atoms with van der Waals surface area (Å²) in [5.74, 6) is 0.841. The van der Waals surface area contributed by atoms with Crippen LogP contribution >= 0.6 is 0 Å². The van der Waals surface area contributed by atoms with Crippen LogP contribution in [0.25, 0.3) is 0 Å². The second-order valence-electron chi connectivity index (χ2n) is 9.34. The molecule has 0 fully saturated rings. The van der Waals surface area contributed by atoms with Crippen LogP contribution in [0.5, 0.6) is 5.75 Å². The molecule has 8 heteroatoms. The van der Waals surface area contributed by atoms with Crippen LogP contribution in [0.15, 0.2) is 53.1 Å². The van der Waals surface area contributed by atoms with E-state index in [2.05, 4.69) is 41.5 Å². The second kappa shape index (κ2) is 11.4. The van der Waals surface area contributed by atoms with Crippen LogP contribution in [0.2, 0.25) is 0 Å². The SMILES string of the molecule is CCC(=O)N1CCc2ccc(OCc3nc(C(=O)NCCN(C)C)co3)cc2C1c1cccc(C)c1. The quantitative estimate of drug-likeness (QED) is 0.492. The molecular weight excluding hydrogens is 456 g/mol. The van der Waals surface area contributed by atoms with Crippen LogP contribution in [0, 0.1) is 6.92 Å². The Kier molecular flexibility index (Phi) is 8.05. The third kappa shape index (κ3) is 5.94. The molecule has 1 atom stereocenters. The van der Waals surface area contributed by atoms with Gasteiger partial charge in [-0.05, 0) is 56.3 Å². The maximum absolute atomic E-state index is 12.8. The van der Waals surface area contributed by atoms with Gasteiger partial charge in [-0.1, -0.05) is 42.8 Å². The summed E-state index contributed by atoms with van der Waals surface area (Å²) in [5.41, 5.74) is 4.75. The summed E-state index contributed by atoms with van der Waals surface area (Å²) in [4.78, 5) is 33.3. The van der Waals surface area contributed by atoms with Crippen LogP contribution < -0.4 is 10.1 Å². The second-order valence-corrected chi connectivity index (χ2v) is 9.34. The highest BCUT2D eigenvalue weighted by Crippen LogP contribution is 2.37.